The van der Waals surface area contributed by atoms with Gasteiger partial charge in [-0.1, -0.05) is 0 Å². The Bertz CT molecular complexity index is 1680. The smallest absolute Gasteiger partial charge is 1.00 e. The van der Waals surface area contributed by atoms with Crippen molar-refractivity contribution in [1.82, 2.24) is 0 Å². The molecule has 0 fully saturated rings. The SMILES string of the molecule is CC1=CC(C)[C]([Zr+2](=[C](c2ccc(C(C)(C)C)cc2)c2ccc(C(C)(C)C)cc2)[CH]2c3ccccc3-c3ccccc32)=C1C.[Cl-].[Cl-]. The van der Waals surface area contributed by atoms with Gasteiger partial charge in [-0.25, -0.2) is 0 Å². The Balaban J connectivity index is 0.00000230. The predicted octanol–water partition coefficient (Wildman–Crippen LogP) is 5.12. The van der Waals surface area contributed by atoms with E-state index in [0.717, 1.165) is 0 Å². The zero-order valence-corrected chi connectivity index (χ0v) is 32.2. The van der Waals surface area contributed by atoms with E-state index >= 15 is 0 Å². The van der Waals surface area contributed by atoms with Crippen molar-refractivity contribution in [2.24, 2.45) is 5.92 Å². The fourth-order valence-corrected chi connectivity index (χ4v) is 17.4. The zero-order chi connectivity index (χ0) is 30.7. The Kier molecular flexibility index (Phi) is 10.6. The summed E-state index contributed by atoms with van der Waals surface area (Å²) in [6.45, 7) is 21.1. The van der Waals surface area contributed by atoms with Crippen LogP contribution in [0.15, 0.2) is 118 Å². The van der Waals surface area contributed by atoms with E-state index in [2.05, 4.69) is 165 Å². The maximum Gasteiger partial charge on any atom is -1.00 e. The van der Waals surface area contributed by atoms with Crippen LogP contribution in [0.4, 0.5) is 0 Å². The molecule has 0 aliphatic heterocycles. The Hall–Kier alpha value is -2.31. The first kappa shape index (κ1) is 35.5. The van der Waals surface area contributed by atoms with Crippen molar-refractivity contribution in [2.75, 3.05) is 0 Å². The van der Waals surface area contributed by atoms with Crippen LogP contribution in [0.5, 0.6) is 0 Å². The van der Waals surface area contributed by atoms with Crippen LogP contribution in [-0.4, -0.2) is 3.21 Å². The van der Waals surface area contributed by atoms with Crippen molar-refractivity contribution in [1.29, 1.82) is 0 Å². The molecule has 0 spiro atoms. The molecule has 2 aliphatic carbocycles. The van der Waals surface area contributed by atoms with Gasteiger partial charge in [0.05, 0.1) is 0 Å². The van der Waals surface area contributed by atoms with Gasteiger partial charge in [-0.05, 0) is 0 Å². The van der Waals surface area contributed by atoms with E-state index in [1.807, 2.05) is 0 Å². The molecular formula is C42H46Cl2Zr. The maximum absolute atomic E-state index is 2.78. The minimum atomic E-state index is -2.78. The second-order valence-corrected chi connectivity index (χ2v) is 20.7. The number of allylic oxidation sites excluding steroid dienone is 4. The summed E-state index contributed by atoms with van der Waals surface area (Å²) in [4.78, 5) is 0. The van der Waals surface area contributed by atoms with Crippen LogP contribution in [0.3, 0.4) is 0 Å². The first-order valence-electron chi connectivity index (χ1n) is 15.9. The third-order valence-corrected chi connectivity index (χ3v) is 18.9. The molecule has 0 heterocycles. The fraction of sp³-hybridized carbons (Fsp3) is 0.310. The van der Waals surface area contributed by atoms with Crippen LogP contribution in [-0.2, 0) is 32.1 Å². The van der Waals surface area contributed by atoms with Crippen LogP contribution in [0.2, 0.25) is 0 Å². The van der Waals surface area contributed by atoms with E-state index in [9.17, 15) is 0 Å². The molecule has 0 N–H and O–H groups in total. The molecule has 3 heteroatoms. The number of rotatable bonds is 4. The summed E-state index contributed by atoms with van der Waals surface area (Å²) < 4.78 is 3.82. The number of hydrogen-bond acceptors (Lipinski definition) is 0. The second kappa shape index (κ2) is 13.4. The summed E-state index contributed by atoms with van der Waals surface area (Å²) in [5, 5.41) is 0. The van der Waals surface area contributed by atoms with Crippen LogP contribution in [0, 0.1) is 5.92 Å². The maximum atomic E-state index is 2.53. The van der Waals surface area contributed by atoms with E-state index < -0.39 is 21.3 Å². The average Bonchev–Trinajstić information content (AvgIpc) is 3.43. The zero-order valence-electron chi connectivity index (χ0n) is 28.2. The second-order valence-electron chi connectivity index (χ2n) is 14.7. The van der Waals surface area contributed by atoms with E-state index in [4.69, 9.17) is 0 Å². The quantitative estimate of drug-likeness (QED) is 0.276. The van der Waals surface area contributed by atoms with Gasteiger partial charge in [-0.3, -0.25) is 0 Å². The number of hydrogen-bond donors (Lipinski definition) is 0. The van der Waals surface area contributed by atoms with E-state index in [0.29, 0.717) is 9.54 Å². The molecule has 0 amide bonds. The largest absolute Gasteiger partial charge is 1.00 e. The first-order valence-corrected chi connectivity index (χ1v) is 19.8. The van der Waals surface area contributed by atoms with Gasteiger partial charge >= 0.3 is 269 Å². The van der Waals surface area contributed by atoms with Crippen molar-refractivity contribution >= 4 is 3.21 Å². The molecule has 0 saturated carbocycles. The van der Waals surface area contributed by atoms with Gasteiger partial charge in [0.1, 0.15) is 0 Å². The Morgan fingerprint density at radius 1 is 0.578 bits per heavy atom. The van der Waals surface area contributed by atoms with E-state index in [1.54, 1.807) is 12.1 Å². The molecule has 0 radical (unpaired) electrons. The van der Waals surface area contributed by atoms with Gasteiger partial charge in [-0.2, -0.15) is 0 Å². The van der Waals surface area contributed by atoms with Crippen molar-refractivity contribution in [2.45, 2.75) is 76.8 Å². The summed E-state index contributed by atoms with van der Waals surface area (Å²) in [7, 11) is 0. The Morgan fingerprint density at radius 3 is 1.33 bits per heavy atom. The minimum absolute atomic E-state index is 0. The van der Waals surface area contributed by atoms with E-state index in [1.165, 1.54) is 50.1 Å². The average molecular weight is 713 g/mol. The molecule has 6 rings (SSSR count). The first-order chi connectivity index (χ1) is 20.4. The molecule has 0 nitrogen and oxygen atoms in total. The normalized spacial score (nSPS) is 15.7. The van der Waals surface area contributed by atoms with Crippen LogP contribution in [0.25, 0.3) is 11.1 Å². The summed E-state index contributed by atoms with van der Waals surface area (Å²) in [6.07, 6.45) is 2.53. The molecule has 4 aromatic rings. The van der Waals surface area contributed by atoms with Gasteiger partial charge < -0.3 is 24.8 Å². The molecule has 1 unspecified atom stereocenters. The van der Waals surface area contributed by atoms with E-state index in [-0.39, 0.29) is 35.6 Å². The minimum Gasteiger partial charge on any atom is -1.00 e. The molecule has 4 aromatic carbocycles. The van der Waals surface area contributed by atoms with Crippen molar-refractivity contribution in [3.05, 3.63) is 151 Å². The number of fused-ring (bicyclic) bond motifs is 3. The molecule has 0 saturated heterocycles. The van der Waals surface area contributed by atoms with Gasteiger partial charge in [0, 0.05) is 0 Å². The van der Waals surface area contributed by atoms with Crippen LogP contribution >= 0.6 is 0 Å². The van der Waals surface area contributed by atoms with Crippen molar-refractivity contribution in [3.63, 3.8) is 0 Å². The molecular weight excluding hydrogens is 667 g/mol. The van der Waals surface area contributed by atoms with Gasteiger partial charge in [0.15, 0.2) is 0 Å². The molecule has 0 aromatic heterocycles. The Morgan fingerprint density at radius 2 is 0.978 bits per heavy atom. The van der Waals surface area contributed by atoms with Gasteiger partial charge in [0.25, 0.3) is 0 Å². The Labute approximate surface area is 292 Å². The number of benzene rings is 4. The van der Waals surface area contributed by atoms with Crippen molar-refractivity contribution in [3.8, 4) is 11.1 Å². The van der Waals surface area contributed by atoms with Crippen LogP contribution in [0.1, 0.15) is 99.3 Å². The molecule has 1 atom stereocenters. The molecule has 232 valence electrons. The molecule has 2 aliphatic rings. The van der Waals surface area contributed by atoms with Crippen LogP contribution < -0.4 is 24.8 Å². The summed E-state index contributed by atoms with van der Waals surface area (Å²) in [6, 6.07) is 37.8. The third kappa shape index (κ3) is 6.61. The summed E-state index contributed by atoms with van der Waals surface area (Å²) in [5.74, 6) is 0.465. The standard InChI is InChI=1S/C21H26.C13H9.C8H11.2ClH.Zr/c1-20(2,3)18-11-7-16(8-12-18)15-17-9-13-19(14-10-17)21(4,5)6;1-3-7-12-10(5-1)9-11-6-2-4-8-13(11)12;1-6-4-7(2)8(3)5-6;;;/h7-14H,1-6H3;1-9H;4,6H,1-3H3;2*1H;/q;;;;;+2/p-2. The summed E-state index contributed by atoms with van der Waals surface area (Å²) in [5.41, 5.74) is 14.8. The monoisotopic (exact) mass is 710 g/mol. The molecule has 45 heavy (non-hydrogen) atoms. The molecule has 0 bridgehead atoms. The van der Waals surface area contributed by atoms with Gasteiger partial charge in [-0.15, -0.1) is 0 Å². The fourth-order valence-electron chi connectivity index (χ4n) is 7.24. The third-order valence-electron chi connectivity index (χ3n) is 9.71. The van der Waals surface area contributed by atoms with Gasteiger partial charge in [0.2, 0.25) is 0 Å². The topological polar surface area (TPSA) is 0 Å². The van der Waals surface area contributed by atoms with Crippen molar-refractivity contribution < 1.29 is 46.1 Å². The summed E-state index contributed by atoms with van der Waals surface area (Å²) >= 11 is -2.78. The number of halogens is 2. The predicted molar refractivity (Wildman–Crippen MR) is 183 cm³/mol.